The molecular weight excluding hydrogens is 510 g/mol. The molecule has 1 fully saturated rings. The second-order valence-electron chi connectivity index (χ2n) is 9.17. The molecule has 0 aromatic heterocycles. The predicted octanol–water partition coefficient (Wildman–Crippen LogP) is -1.17. The molecule has 1 saturated heterocycles. The second kappa shape index (κ2) is 14.6. The zero-order chi connectivity index (χ0) is 28.2. The number of rotatable bonds is 16. The molecule has 210 valence electrons. The van der Waals surface area contributed by atoms with Crippen molar-refractivity contribution in [2.45, 2.75) is 50.5 Å². The highest BCUT2D eigenvalue weighted by Gasteiger charge is 2.46. The number of fused-ring (bicyclic) bond motifs is 1. The minimum absolute atomic E-state index is 0.00438. The summed E-state index contributed by atoms with van der Waals surface area (Å²) in [5.74, 6) is -3.50. The number of benzene rings is 1. The fourth-order valence-electron chi connectivity index (χ4n) is 3.99. The van der Waals surface area contributed by atoms with Crippen LogP contribution in [-0.2, 0) is 39.9 Å². The molecule has 2 heterocycles. The van der Waals surface area contributed by atoms with Crippen LogP contribution < -0.4 is 21.3 Å². The summed E-state index contributed by atoms with van der Waals surface area (Å²) < 4.78 is 5.37. The molecule has 0 spiro atoms. The van der Waals surface area contributed by atoms with Crippen LogP contribution in [0.15, 0.2) is 42.5 Å². The third-order valence-corrected chi connectivity index (χ3v) is 6.06. The first kappa shape index (κ1) is 29.3. The van der Waals surface area contributed by atoms with Crippen LogP contribution >= 0.6 is 0 Å². The molecule has 0 saturated carbocycles. The maximum Gasteiger partial charge on any atom is 0.322 e. The summed E-state index contributed by atoms with van der Waals surface area (Å²) in [6.45, 7) is -0.776. The second-order valence-corrected chi connectivity index (χ2v) is 9.17. The number of nitrogens with zero attached hydrogens (tertiary/aromatic N) is 1. The molecule has 0 bridgehead atoms. The molecule has 3 atom stereocenters. The lowest BCUT2D eigenvalue weighted by Crippen LogP contribution is -2.51. The Balaban J connectivity index is 1.29. The van der Waals surface area contributed by atoms with E-state index in [2.05, 4.69) is 21.3 Å². The van der Waals surface area contributed by atoms with Gasteiger partial charge in [0.05, 0.1) is 13.1 Å². The van der Waals surface area contributed by atoms with E-state index in [1.807, 2.05) is 0 Å². The van der Waals surface area contributed by atoms with Gasteiger partial charge in [0.2, 0.25) is 29.5 Å². The van der Waals surface area contributed by atoms with Gasteiger partial charge < -0.3 is 36.0 Å². The maximum absolute atomic E-state index is 12.4. The van der Waals surface area contributed by atoms with Gasteiger partial charge in [-0.25, -0.2) is 0 Å². The molecule has 2 unspecified atom stereocenters. The summed E-state index contributed by atoms with van der Waals surface area (Å²) in [5, 5.41) is 18.4. The number of carbonyl (C=O) groups excluding carboxylic acids is 5. The summed E-state index contributed by atoms with van der Waals surface area (Å²) in [6, 6.07) is 7.82. The highest BCUT2D eigenvalue weighted by Crippen LogP contribution is 2.31. The summed E-state index contributed by atoms with van der Waals surface area (Å²) >= 11 is 0. The number of hydrogen-bond acceptors (Lipinski definition) is 7. The molecule has 0 aliphatic carbocycles. The predicted molar refractivity (Wildman–Crippen MR) is 137 cm³/mol. The molecule has 3 rings (SSSR count). The third kappa shape index (κ3) is 10.2. The highest BCUT2D eigenvalue weighted by molar-refractivity contribution is 5.92. The molecule has 0 radical (unpaired) electrons. The van der Waals surface area contributed by atoms with Crippen LogP contribution in [0.5, 0.6) is 0 Å². The Hall–Kier alpha value is -4.26. The van der Waals surface area contributed by atoms with Crippen LogP contribution in [0, 0.1) is 0 Å². The molecule has 39 heavy (non-hydrogen) atoms. The van der Waals surface area contributed by atoms with Crippen molar-refractivity contribution in [3.63, 3.8) is 0 Å². The fraction of sp³-hybridized carbons (Fsp3) is 0.462. The number of nitrogens with one attached hydrogen (secondary N) is 4. The standard InChI is InChI=1S/C26H33N5O8/c32-20(9-5-2-6-12-31-23(35)11-10-19-26(31)39-19)27-14-21(33)28-15-22(34)30-18(25(38)29-16-24(36)37)13-17-7-3-1-4-8-17/h1,3-4,7-8,10-11,18-19,26H,2,5-6,9,12-16H2,(H,27,32)(H,28,33)(H,29,38)(H,30,34)(H,36,37)/t18-,19?,26?/m0/s1. The van der Waals surface area contributed by atoms with Crippen LogP contribution in [0.25, 0.3) is 0 Å². The van der Waals surface area contributed by atoms with Crippen LogP contribution in [-0.4, -0.2) is 90.1 Å². The number of epoxide rings is 1. The van der Waals surface area contributed by atoms with E-state index < -0.39 is 42.8 Å². The lowest BCUT2D eigenvalue weighted by molar-refractivity contribution is -0.138. The van der Waals surface area contributed by atoms with E-state index in [4.69, 9.17) is 9.84 Å². The number of unbranched alkanes of at least 4 members (excludes halogenated alkanes) is 2. The first-order valence-corrected chi connectivity index (χ1v) is 12.7. The number of carboxylic acid groups (broad SMARTS) is 1. The van der Waals surface area contributed by atoms with Gasteiger partial charge in [-0.3, -0.25) is 28.8 Å². The van der Waals surface area contributed by atoms with Crippen molar-refractivity contribution >= 4 is 35.5 Å². The third-order valence-electron chi connectivity index (χ3n) is 6.06. The number of hydrogen-bond donors (Lipinski definition) is 5. The van der Waals surface area contributed by atoms with Crippen molar-refractivity contribution in [3.8, 4) is 0 Å². The van der Waals surface area contributed by atoms with E-state index in [0.717, 1.165) is 18.4 Å². The van der Waals surface area contributed by atoms with Crippen molar-refractivity contribution in [2.75, 3.05) is 26.2 Å². The Morgan fingerprint density at radius 1 is 0.897 bits per heavy atom. The molecule has 5 amide bonds. The number of ether oxygens (including phenoxy) is 1. The number of carbonyl (C=O) groups is 6. The molecule has 2 aliphatic heterocycles. The Labute approximate surface area is 225 Å². The van der Waals surface area contributed by atoms with Crippen LogP contribution in [0.1, 0.15) is 31.2 Å². The average Bonchev–Trinajstić information content (AvgIpc) is 3.70. The van der Waals surface area contributed by atoms with Crippen LogP contribution in [0.3, 0.4) is 0 Å². The van der Waals surface area contributed by atoms with Crippen molar-refractivity contribution in [2.24, 2.45) is 0 Å². The normalized spacial score (nSPS) is 17.9. The van der Waals surface area contributed by atoms with Gasteiger partial charge in [-0.05, 0) is 24.5 Å². The Morgan fingerprint density at radius 2 is 1.62 bits per heavy atom. The highest BCUT2D eigenvalue weighted by atomic mass is 16.6. The zero-order valence-electron chi connectivity index (χ0n) is 21.4. The lowest BCUT2D eigenvalue weighted by atomic mass is 10.1. The Bertz CT molecular complexity index is 1090. The van der Waals surface area contributed by atoms with Gasteiger partial charge in [0.25, 0.3) is 0 Å². The maximum atomic E-state index is 12.4. The van der Waals surface area contributed by atoms with Crippen LogP contribution in [0.4, 0.5) is 0 Å². The Morgan fingerprint density at radius 3 is 2.36 bits per heavy atom. The summed E-state index contributed by atoms with van der Waals surface area (Å²) in [5.41, 5.74) is 0.753. The molecule has 5 N–H and O–H groups in total. The number of carboxylic acids is 1. The number of aliphatic carboxylic acids is 1. The van der Waals surface area contributed by atoms with E-state index in [0.29, 0.717) is 13.0 Å². The van der Waals surface area contributed by atoms with Gasteiger partial charge >= 0.3 is 5.97 Å². The lowest BCUT2D eigenvalue weighted by Gasteiger charge is -2.20. The number of amides is 5. The van der Waals surface area contributed by atoms with E-state index in [1.54, 1.807) is 41.3 Å². The van der Waals surface area contributed by atoms with Crippen LogP contribution in [0.2, 0.25) is 0 Å². The topological polar surface area (TPSA) is 187 Å². The fourth-order valence-corrected chi connectivity index (χ4v) is 3.99. The van der Waals surface area contributed by atoms with E-state index in [-0.39, 0.29) is 43.5 Å². The van der Waals surface area contributed by atoms with Gasteiger partial charge in [-0.1, -0.05) is 36.8 Å². The molecule has 13 nitrogen and oxygen atoms in total. The van der Waals surface area contributed by atoms with Gasteiger partial charge in [0.1, 0.15) is 18.7 Å². The van der Waals surface area contributed by atoms with E-state index in [9.17, 15) is 28.8 Å². The summed E-state index contributed by atoms with van der Waals surface area (Å²) in [7, 11) is 0. The van der Waals surface area contributed by atoms with Gasteiger partial charge in [-0.15, -0.1) is 0 Å². The van der Waals surface area contributed by atoms with Crippen molar-refractivity contribution in [1.29, 1.82) is 0 Å². The van der Waals surface area contributed by atoms with E-state index in [1.165, 1.54) is 6.08 Å². The summed E-state index contributed by atoms with van der Waals surface area (Å²) in [4.78, 5) is 73.1. The minimum atomic E-state index is -1.22. The van der Waals surface area contributed by atoms with Crippen molar-refractivity contribution < 1.29 is 38.6 Å². The largest absolute Gasteiger partial charge is 0.480 e. The van der Waals surface area contributed by atoms with Gasteiger partial charge in [0.15, 0.2) is 6.23 Å². The Kier molecular flexibility index (Phi) is 11.0. The minimum Gasteiger partial charge on any atom is -0.480 e. The zero-order valence-corrected chi connectivity index (χ0v) is 21.4. The molecular formula is C26H33N5O8. The molecule has 13 heteroatoms. The molecule has 1 aromatic rings. The van der Waals surface area contributed by atoms with Crippen molar-refractivity contribution in [3.05, 3.63) is 48.0 Å². The van der Waals surface area contributed by atoms with E-state index >= 15 is 0 Å². The summed E-state index contributed by atoms with van der Waals surface area (Å²) in [6.07, 6.45) is 5.51. The smallest absolute Gasteiger partial charge is 0.322 e. The molecule has 1 aromatic carbocycles. The van der Waals surface area contributed by atoms with Gasteiger partial charge in [0, 0.05) is 25.5 Å². The van der Waals surface area contributed by atoms with Crippen molar-refractivity contribution in [1.82, 2.24) is 26.2 Å². The SMILES string of the molecule is O=C(O)CNC(=O)[C@H](Cc1ccccc1)NC(=O)CNC(=O)CNC(=O)CCCCCN1C(=O)C=CC2OC21. The monoisotopic (exact) mass is 543 g/mol. The quantitative estimate of drug-likeness (QED) is 0.127. The molecule has 2 aliphatic rings. The van der Waals surface area contributed by atoms with Gasteiger partial charge in [-0.2, -0.15) is 0 Å². The first-order chi connectivity index (χ1) is 18.7. The average molecular weight is 544 g/mol. The first-order valence-electron chi connectivity index (χ1n) is 12.7.